The van der Waals surface area contributed by atoms with Gasteiger partial charge in [0, 0.05) is 19.8 Å². The highest BCUT2D eigenvalue weighted by Gasteiger charge is 2.27. The molecule has 1 aliphatic heterocycles. The number of nitrogens with one attached hydrogen (secondary N) is 1. The van der Waals surface area contributed by atoms with E-state index in [1.807, 2.05) is 29.9 Å². The van der Waals surface area contributed by atoms with Crippen molar-refractivity contribution in [3.63, 3.8) is 0 Å². The van der Waals surface area contributed by atoms with Gasteiger partial charge in [0.25, 0.3) is 5.91 Å². The third kappa shape index (κ3) is 3.13. The molecule has 1 fully saturated rings. The van der Waals surface area contributed by atoms with Crippen LogP contribution < -0.4 is 0 Å². The molecule has 2 aromatic heterocycles. The Morgan fingerprint density at radius 3 is 2.85 bits per heavy atom. The van der Waals surface area contributed by atoms with Crippen molar-refractivity contribution in [1.82, 2.24) is 19.7 Å². The molecule has 6 nitrogen and oxygen atoms in total. The van der Waals surface area contributed by atoms with Gasteiger partial charge in [-0.3, -0.25) is 9.89 Å². The van der Waals surface area contributed by atoms with Crippen molar-refractivity contribution in [3.8, 4) is 11.4 Å². The molecule has 1 unspecified atom stereocenters. The van der Waals surface area contributed by atoms with Gasteiger partial charge >= 0.3 is 0 Å². The van der Waals surface area contributed by atoms with Crippen LogP contribution >= 0.6 is 0 Å². The van der Waals surface area contributed by atoms with E-state index < -0.39 is 0 Å². The average molecular weight is 354 g/mol. The molecule has 3 aromatic rings. The number of aryl methyl sites for hydroxylation is 1. The Bertz CT molecular complexity index is 916. The number of morpholine rings is 1. The predicted molar refractivity (Wildman–Crippen MR) is 94.0 cm³/mol. The number of carbonyl (C=O) groups is 1. The van der Waals surface area contributed by atoms with Crippen molar-refractivity contribution in [3.05, 3.63) is 65.7 Å². The summed E-state index contributed by atoms with van der Waals surface area (Å²) in [4.78, 5) is 14.6. The van der Waals surface area contributed by atoms with Crippen LogP contribution in [0, 0.1) is 5.82 Å². The van der Waals surface area contributed by atoms with Crippen LogP contribution in [0.25, 0.3) is 11.4 Å². The van der Waals surface area contributed by atoms with Crippen molar-refractivity contribution in [2.24, 2.45) is 7.05 Å². The van der Waals surface area contributed by atoms with E-state index in [9.17, 15) is 9.18 Å². The average Bonchev–Trinajstić information content (AvgIpc) is 3.30. The lowest BCUT2D eigenvalue weighted by Crippen LogP contribution is -2.42. The monoisotopic (exact) mass is 354 g/mol. The molecule has 1 aliphatic rings. The minimum absolute atomic E-state index is 0.117. The van der Waals surface area contributed by atoms with Gasteiger partial charge in [-0.15, -0.1) is 0 Å². The molecule has 0 bridgehead atoms. The van der Waals surface area contributed by atoms with Crippen molar-refractivity contribution in [2.75, 3.05) is 19.7 Å². The van der Waals surface area contributed by atoms with Gasteiger partial charge in [0.2, 0.25) is 0 Å². The van der Waals surface area contributed by atoms with Gasteiger partial charge in [-0.2, -0.15) is 5.10 Å². The van der Waals surface area contributed by atoms with Gasteiger partial charge in [-0.25, -0.2) is 4.39 Å². The molecule has 0 saturated carbocycles. The molecule has 134 valence electrons. The number of ether oxygens (including phenoxy) is 1. The van der Waals surface area contributed by atoms with Gasteiger partial charge in [0.1, 0.15) is 23.3 Å². The molecule has 4 rings (SSSR count). The van der Waals surface area contributed by atoms with E-state index in [-0.39, 0.29) is 17.8 Å². The molecule has 1 amide bonds. The largest absolute Gasteiger partial charge is 0.370 e. The van der Waals surface area contributed by atoms with E-state index in [0.29, 0.717) is 25.4 Å². The summed E-state index contributed by atoms with van der Waals surface area (Å²) in [7, 11) is 1.93. The smallest absolute Gasteiger partial charge is 0.272 e. The molecule has 0 spiro atoms. The molecule has 7 heteroatoms. The Morgan fingerprint density at radius 2 is 2.12 bits per heavy atom. The number of hydrogen-bond donors (Lipinski definition) is 1. The van der Waals surface area contributed by atoms with Crippen LogP contribution in [-0.4, -0.2) is 45.3 Å². The summed E-state index contributed by atoms with van der Waals surface area (Å²) in [6.45, 7) is 1.37. The maximum absolute atomic E-state index is 13.1. The molecule has 0 aliphatic carbocycles. The number of hydrogen-bond acceptors (Lipinski definition) is 3. The second-order valence-corrected chi connectivity index (χ2v) is 6.33. The quantitative estimate of drug-likeness (QED) is 0.787. The summed E-state index contributed by atoms with van der Waals surface area (Å²) >= 11 is 0. The van der Waals surface area contributed by atoms with E-state index in [1.54, 1.807) is 23.1 Å². The SMILES string of the molecule is Cn1cccc1-c1cc(C(=O)N2CCOC(c3ccc(F)cc3)C2)[nH]n1. The number of aromatic amines is 1. The summed E-state index contributed by atoms with van der Waals surface area (Å²) in [5.74, 6) is -0.406. The van der Waals surface area contributed by atoms with Crippen molar-refractivity contribution < 1.29 is 13.9 Å². The summed E-state index contributed by atoms with van der Waals surface area (Å²) in [5, 5.41) is 7.09. The van der Waals surface area contributed by atoms with E-state index in [4.69, 9.17) is 4.74 Å². The summed E-state index contributed by atoms with van der Waals surface area (Å²) in [5.41, 5.74) is 2.97. The number of H-pyrrole nitrogens is 1. The Kier molecular flexibility index (Phi) is 4.30. The second-order valence-electron chi connectivity index (χ2n) is 6.33. The number of amides is 1. The zero-order valence-electron chi connectivity index (χ0n) is 14.4. The van der Waals surface area contributed by atoms with Crippen molar-refractivity contribution in [2.45, 2.75) is 6.10 Å². The van der Waals surface area contributed by atoms with Crippen LogP contribution in [-0.2, 0) is 11.8 Å². The lowest BCUT2D eigenvalue weighted by molar-refractivity contribution is -0.0230. The topological polar surface area (TPSA) is 63.1 Å². The first kappa shape index (κ1) is 16.5. The Labute approximate surface area is 150 Å². The second kappa shape index (κ2) is 6.76. The number of nitrogens with zero attached hydrogens (tertiary/aromatic N) is 3. The fourth-order valence-electron chi connectivity index (χ4n) is 3.17. The summed E-state index contributed by atoms with van der Waals surface area (Å²) in [6, 6.07) is 11.8. The number of carbonyl (C=O) groups excluding carboxylic acids is 1. The van der Waals surface area contributed by atoms with Crippen LogP contribution in [0.1, 0.15) is 22.2 Å². The lowest BCUT2D eigenvalue weighted by Gasteiger charge is -2.32. The Balaban J connectivity index is 1.50. The van der Waals surface area contributed by atoms with Crippen molar-refractivity contribution in [1.29, 1.82) is 0 Å². The Morgan fingerprint density at radius 1 is 1.31 bits per heavy atom. The molecule has 1 aromatic carbocycles. The predicted octanol–water partition coefficient (Wildman–Crippen LogP) is 2.77. The van der Waals surface area contributed by atoms with Crippen LogP contribution in [0.3, 0.4) is 0 Å². The van der Waals surface area contributed by atoms with Gasteiger partial charge in [0.05, 0.1) is 18.8 Å². The molecule has 0 radical (unpaired) electrons. The third-order valence-electron chi connectivity index (χ3n) is 4.61. The van der Waals surface area contributed by atoms with Crippen LogP contribution in [0.4, 0.5) is 4.39 Å². The summed E-state index contributed by atoms with van der Waals surface area (Å²) < 4.78 is 20.8. The minimum atomic E-state index is -0.289. The molecule has 1 atom stereocenters. The first-order valence-corrected chi connectivity index (χ1v) is 8.45. The van der Waals surface area contributed by atoms with Crippen LogP contribution in [0.2, 0.25) is 0 Å². The van der Waals surface area contributed by atoms with Gasteiger partial charge in [0.15, 0.2) is 0 Å². The Hall–Kier alpha value is -2.93. The zero-order valence-corrected chi connectivity index (χ0v) is 14.4. The highest BCUT2D eigenvalue weighted by atomic mass is 19.1. The normalized spacial score (nSPS) is 17.5. The molecule has 26 heavy (non-hydrogen) atoms. The highest BCUT2D eigenvalue weighted by Crippen LogP contribution is 2.24. The third-order valence-corrected chi connectivity index (χ3v) is 4.61. The van der Waals surface area contributed by atoms with Gasteiger partial charge in [-0.05, 0) is 35.9 Å². The maximum atomic E-state index is 13.1. The van der Waals surface area contributed by atoms with E-state index in [0.717, 1.165) is 17.0 Å². The van der Waals surface area contributed by atoms with E-state index in [1.165, 1.54) is 12.1 Å². The van der Waals surface area contributed by atoms with Gasteiger partial charge in [-0.1, -0.05) is 12.1 Å². The molecular formula is C19H19FN4O2. The van der Waals surface area contributed by atoms with E-state index >= 15 is 0 Å². The molecule has 1 N–H and O–H groups in total. The fourth-order valence-corrected chi connectivity index (χ4v) is 3.17. The summed E-state index contributed by atoms with van der Waals surface area (Å²) in [6.07, 6.45) is 1.67. The number of aromatic nitrogens is 3. The van der Waals surface area contributed by atoms with Crippen molar-refractivity contribution >= 4 is 5.91 Å². The van der Waals surface area contributed by atoms with Crippen LogP contribution in [0.5, 0.6) is 0 Å². The number of halogens is 1. The number of rotatable bonds is 3. The molecule has 1 saturated heterocycles. The standard InChI is InChI=1S/C19H19FN4O2/c1-23-8-2-3-17(23)15-11-16(22-21-15)19(25)24-9-10-26-18(12-24)13-4-6-14(20)7-5-13/h2-8,11,18H,9-10,12H2,1H3,(H,21,22). The van der Waals surface area contributed by atoms with E-state index in [2.05, 4.69) is 10.2 Å². The number of benzene rings is 1. The minimum Gasteiger partial charge on any atom is -0.370 e. The lowest BCUT2D eigenvalue weighted by atomic mass is 10.1. The van der Waals surface area contributed by atoms with Crippen LogP contribution in [0.15, 0.2) is 48.7 Å². The fraction of sp³-hybridized carbons (Fsp3) is 0.263. The van der Waals surface area contributed by atoms with Gasteiger partial charge < -0.3 is 14.2 Å². The zero-order chi connectivity index (χ0) is 18.1. The maximum Gasteiger partial charge on any atom is 0.272 e. The molecular weight excluding hydrogens is 335 g/mol. The molecule has 3 heterocycles. The highest BCUT2D eigenvalue weighted by molar-refractivity contribution is 5.93. The first-order valence-electron chi connectivity index (χ1n) is 8.45. The first-order chi connectivity index (χ1) is 12.6.